The van der Waals surface area contributed by atoms with Gasteiger partial charge in [-0.3, -0.25) is 9.89 Å². The zero-order valence-electron chi connectivity index (χ0n) is 11.6. The fourth-order valence-electron chi connectivity index (χ4n) is 1.87. The van der Waals surface area contributed by atoms with Crippen LogP contribution in [0.3, 0.4) is 0 Å². The Kier molecular flexibility index (Phi) is 4.09. The third-order valence-corrected chi connectivity index (χ3v) is 3.58. The molecule has 1 amide bonds. The van der Waals surface area contributed by atoms with Crippen LogP contribution in [-0.4, -0.2) is 21.1 Å². The fourth-order valence-corrected chi connectivity index (χ4v) is 1.99. The Morgan fingerprint density at radius 1 is 1.35 bits per heavy atom. The molecule has 0 radical (unpaired) electrons. The van der Waals surface area contributed by atoms with Gasteiger partial charge in [0.05, 0.1) is 11.5 Å². The van der Waals surface area contributed by atoms with Crippen LogP contribution in [0.15, 0.2) is 30.6 Å². The van der Waals surface area contributed by atoms with Gasteiger partial charge in [-0.2, -0.15) is 5.10 Å². The monoisotopic (exact) mass is 292 g/mol. The molecule has 0 aliphatic heterocycles. The molecule has 1 atom stereocenters. The van der Waals surface area contributed by atoms with E-state index in [1.807, 2.05) is 32.9 Å². The lowest BCUT2D eigenvalue weighted by atomic mass is 9.83. The summed E-state index contributed by atoms with van der Waals surface area (Å²) in [5.74, 6) is 0.550. The van der Waals surface area contributed by atoms with E-state index in [2.05, 4.69) is 20.5 Å². The third-order valence-electron chi connectivity index (χ3n) is 3.32. The second kappa shape index (κ2) is 5.63. The molecule has 0 spiro atoms. The molecule has 1 aromatic heterocycles. The molecule has 0 saturated heterocycles. The smallest absolute Gasteiger partial charge is 0.230 e. The van der Waals surface area contributed by atoms with Crippen LogP contribution in [0.4, 0.5) is 0 Å². The van der Waals surface area contributed by atoms with Crippen molar-refractivity contribution in [3.8, 4) is 0 Å². The van der Waals surface area contributed by atoms with Gasteiger partial charge in [0.25, 0.3) is 0 Å². The number of hydrogen-bond donors (Lipinski definition) is 2. The van der Waals surface area contributed by atoms with E-state index < -0.39 is 5.41 Å². The van der Waals surface area contributed by atoms with Gasteiger partial charge in [0.15, 0.2) is 0 Å². The van der Waals surface area contributed by atoms with Crippen molar-refractivity contribution in [3.05, 3.63) is 47.0 Å². The van der Waals surface area contributed by atoms with Crippen molar-refractivity contribution in [2.24, 2.45) is 0 Å². The van der Waals surface area contributed by atoms with Gasteiger partial charge >= 0.3 is 0 Å². The molecule has 6 heteroatoms. The molecule has 106 valence electrons. The Morgan fingerprint density at radius 2 is 2.00 bits per heavy atom. The number of hydrogen-bond acceptors (Lipinski definition) is 3. The van der Waals surface area contributed by atoms with Gasteiger partial charge in [-0.05, 0) is 38.5 Å². The minimum absolute atomic E-state index is 0.0799. The third kappa shape index (κ3) is 2.99. The quantitative estimate of drug-likeness (QED) is 0.910. The van der Waals surface area contributed by atoms with Crippen LogP contribution in [0.2, 0.25) is 5.02 Å². The number of aromatic nitrogens is 3. The first-order valence-corrected chi connectivity index (χ1v) is 6.71. The lowest BCUT2D eigenvalue weighted by molar-refractivity contribution is -0.126. The second-order valence-electron chi connectivity index (χ2n) is 5.20. The average molecular weight is 293 g/mol. The summed E-state index contributed by atoms with van der Waals surface area (Å²) >= 11 is 5.87. The highest BCUT2D eigenvalue weighted by molar-refractivity contribution is 6.30. The lowest BCUT2D eigenvalue weighted by Gasteiger charge is -2.26. The number of halogens is 1. The van der Waals surface area contributed by atoms with E-state index in [1.54, 1.807) is 12.1 Å². The van der Waals surface area contributed by atoms with Gasteiger partial charge < -0.3 is 5.32 Å². The van der Waals surface area contributed by atoms with E-state index in [-0.39, 0.29) is 11.9 Å². The summed E-state index contributed by atoms with van der Waals surface area (Å²) in [7, 11) is 0. The van der Waals surface area contributed by atoms with Gasteiger partial charge in [-0.1, -0.05) is 23.7 Å². The minimum atomic E-state index is -0.654. The van der Waals surface area contributed by atoms with Crippen molar-refractivity contribution in [3.63, 3.8) is 0 Å². The van der Waals surface area contributed by atoms with Crippen molar-refractivity contribution >= 4 is 17.5 Å². The number of H-pyrrole nitrogens is 1. The van der Waals surface area contributed by atoms with Crippen LogP contribution < -0.4 is 5.32 Å². The van der Waals surface area contributed by atoms with Gasteiger partial charge in [0.1, 0.15) is 12.2 Å². The zero-order chi connectivity index (χ0) is 14.8. The first kappa shape index (κ1) is 14.5. The number of carbonyl (C=O) groups excluding carboxylic acids is 1. The molecular formula is C14H17ClN4O. The summed E-state index contributed by atoms with van der Waals surface area (Å²) in [6, 6.07) is 7.07. The molecule has 0 aliphatic carbocycles. The Hall–Kier alpha value is -1.88. The van der Waals surface area contributed by atoms with Crippen LogP contribution in [0.1, 0.15) is 38.2 Å². The van der Waals surface area contributed by atoms with E-state index in [0.29, 0.717) is 10.8 Å². The summed E-state index contributed by atoms with van der Waals surface area (Å²) < 4.78 is 0. The highest BCUT2D eigenvalue weighted by Crippen LogP contribution is 2.25. The normalized spacial score (nSPS) is 13.0. The molecule has 2 aromatic rings. The average Bonchev–Trinajstić information content (AvgIpc) is 2.93. The predicted octanol–water partition coefficient (Wildman–Crippen LogP) is 2.61. The molecule has 0 fully saturated rings. The van der Waals surface area contributed by atoms with E-state index in [9.17, 15) is 4.79 Å². The van der Waals surface area contributed by atoms with Gasteiger partial charge in [0.2, 0.25) is 5.91 Å². The standard InChI is InChI=1S/C14H17ClN4O/c1-9(12-16-8-17-19-12)18-13(20)14(2,3)10-4-6-11(15)7-5-10/h4-9H,1-3H3,(H,18,20)(H,16,17,19)/t9-/m0/s1. The summed E-state index contributed by atoms with van der Waals surface area (Å²) in [6.45, 7) is 5.60. The number of nitrogens with one attached hydrogen (secondary N) is 2. The Labute approximate surface area is 122 Å². The SMILES string of the molecule is C[C@H](NC(=O)C(C)(C)c1ccc(Cl)cc1)c1ncn[nH]1. The molecule has 0 bridgehead atoms. The summed E-state index contributed by atoms with van der Waals surface area (Å²) in [4.78, 5) is 16.5. The Morgan fingerprint density at radius 3 is 2.55 bits per heavy atom. The maximum absolute atomic E-state index is 12.4. The van der Waals surface area contributed by atoms with Gasteiger partial charge in [-0.15, -0.1) is 0 Å². The van der Waals surface area contributed by atoms with Crippen LogP contribution in [0, 0.1) is 0 Å². The van der Waals surface area contributed by atoms with Crippen LogP contribution in [0.5, 0.6) is 0 Å². The maximum atomic E-state index is 12.4. The van der Waals surface area contributed by atoms with E-state index in [0.717, 1.165) is 5.56 Å². The van der Waals surface area contributed by atoms with Crippen LogP contribution in [-0.2, 0) is 10.2 Å². The number of aromatic amines is 1. The molecule has 1 heterocycles. The Balaban J connectivity index is 2.13. The lowest BCUT2D eigenvalue weighted by Crippen LogP contribution is -2.41. The molecule has 0 saturated carbocycles. The van der Waals surface area contributed by atoms with Crippen molar-refractivity contribution in [2.75, 3.05) is 0 Å². The van der Waals surface area contributed by atoms with Gasteiger partial charge in [0, 0.05) is 5.02 Å². The summed E-state index contributed by atoms with van der Waals surface area (Å²) in [6.07, 6.45) is 1.42. The maximum Gasteiger partial charge on any atom is 0.230 e. The second-order valence-corrected chi connectivity index (χ2v) is 5.63. The van der Waals surface area contributed by atoms with Crippen LogP contribution >= 0.6 is 11.6 Å². The van der Waals surface area contributed by atoms with Crippen molar-refractivity contribution in [1.82, 2.24) is 20.5 Å². The molecule has 20 heavy (non-hydrogen) atoms. The summed E-state index contributed by atoms with van der Waals surface area (Å²) in [5.41, 5.74) is 0.253. The van der Waals surface area contributed by atoms with E-state index in [4.69, 9.17) is 11.6 Å². The molecule has 1 aromatic carbocycles. The molecule has 2 rings (SSSR count). The molecule has 0 unspecified atom stereocenters. The number of rotatable bonds is 4. The topological polar surface area (TPSA) is 70.7 Å². The number of benzene rings is 1. The highest BCUT2D eigenvalue weighted by atomic mass is 35.5. The van der Waals surface area contributed by atoms with Crippen LogP contribution in [0.25, 0.3) is 0 Å². The van der Waals surface area contributed by atoms with E-state index >= 15 is 0 Å². The highest BCUT2D eigenvalue weighted by Gasteiger charge is 2.31. The molecule has 5 nitrogen and oxygen atoms in total. The Bertz CT molecular complexity index is 578. The number of nitrogens with zero attached hydrogens (tertiary/aromatic N) is 2. The number of carbonyl (C=O) groups is 1. The number of amides is 1. The van der Waals surface area contributed by atoms with Gasteiger partial charge in [-0.25, -0.2) is 4.98 Å². The van der Waals surface area contributed by atoms with Crippen molar-refractivity contribution < 1.29 is 4.79 Å². The fraction of sp³-hybridized carbons (Fsp3) is 0.357. The van der Waals surface area contributed by atoms with Crippen molar-refractivity contribution in [1.29, 1.82) is 0 Å². The molecular weight excluding hydrogens is 276 g/mol. The molecule has 2 N–H and O–H groups in total. The largest absolute Gasteiger partial charge is 0.346 e. The summed E-state index contributed by atoms with van der Waals surface area (Å²) in [5, 5.41) is 10.1. The zero-order valence-corrected chi connectivity index (χ0v) is 12.4. The predicted molar refractivity (Wildman–Crippen MR) is 77.4 cm³/mol. The molecule has 0 aliphatic rings. The first-order valence-electron chi connectivity index (χ1n) is 6.33. The minimum Gasteiger partial charge on any atom is -0.346 e. The first-order chi connectivity index (χ1) is 9.41. The van der Waals surface area contributed by atoms with E-state index in [1.165, 1.54) is 6.33 Å². The van der Waals surface area contributed by atoms with Crippen molar-refractivity contribution in [2.45, 2.75) is 32.2 Å².